The maximum Gasteiger partial charge on any atom is 0.305 e. The zero-order valence-electron chi connectivity index (χ0n) is 12.8. The van der Waals surface area contributed by atoms with E-state index >= 15 is 0 Å². The first-order valence-corrected chi connectivity index (χ1v) is 7.49. The van der Waals surface area contributed by atoms with E-state index in [0.717, 1.165) is 12.8 Å². The number of aryl methyl sites for hydroxylation is 1. The van der Waals surface area contributed by atoms with Gasteiger partial charge < -0.3 is 10.0 Å². The van der Waals surface area contributed by atoms with Crippen molar-refractivity contribution in [2.24, 2.45) is 0 Å². The van der Waals surface area contributed by atoms with Gasteiger partial charge in [-0.15, -0.1) is 0 Å². The Morgan fingerprint density at radius 1 is 1.05 bits per heavy atom. The zero-order chi connectivity index (χ0) is 15.9. The molecule has 0 saturated heterocycles. The van der Waals surface area contributed by atoms with Crippen molar-refractivity contribution >= 4 is 22.6 Å². The summed E-state index contributed by atoms with van der Waals surface area (Å²) in [5.41, 5.74) is 1.22. The molecule has 0 spiro atoms. The molecule has 2 rings (SSSR count). The molecule has 0 unspecified atom stereocenters. The summed E-state index contributed by atoms with van der Waals surface area (Å²) in [5, 5.41) is 11.0. The first-order valence-electron chi connectivity index (χ1n) is 7.49. The van der Waals surface area contributed by atoms with Gasteiger partial charge in [-0.1, -0.05) is 42.5 Å². The fourth-order valence-corrected chi connectivity index (χ4v) is 2.42. The van der Waals surface area contributed by atoms with Crippen LogP contribution >= 0.6 is 0 Å². The van der Waals surface area contributed by atoms with Crippen molar-refractivity contribution in [2.75, 3.05) is 13.6 Å². The molecule has 0 aliphatic heterocycles. The number of hydrogen-bond acceptors (Lipinski definition) is 2. The van der Waals surface area contributed by atoms with Gasteiger partial charge in [-0.25, -0.2) is 0 Å². The van der Waals surface area contributed by atoms with Gasteiger partial charge in [-0.05, 0) is 29.2 Å². The largest absolute Gasteiger partial charge is 0.481 e. The van der Waals surface area contributed by atoms with Crippen molar-refractivity contribution in [1.29, 1.82) is 0 Å². The fourth-order valence-electron chi connectivity index (χ4n) is 2.42. The third-order valence-electron chi connectivity index (χ3n) is 3.76. The number of benzene rings is 2. The van der Waals surface area contributed by atoms with Crippen LogP contribution in [0.15, 0.2) is 42.5 Å². The lowest BCUT2D eigenvalue weighted by Gasteiger charge is -2.15. The van der Waals surface area contributed by atoms with Gasteiger partial charge in [0.2, 0.25) is 5.91 Å². The molecule has 22 heavy (non-hydrogen) atoms. The van der Waals surface area contributed by atoms with Crippen LogP contribution in [-0.2, 0) is 16.0 Å². The van der Waals surface area contributed by atoms with Crippen LogP contribution in [0.1, 0.15) is 24.8 Å². The first-order chi connectivity index (χ1) is 10.6. The molecule has 116 valence electrons. The van der Waals surface area contributed by atoms with Gasteiger partial charge >= 0.3 is 5.97 Å². The molecule has 2 aromatic carbocycles. The number of fused-ring (bicyclic) bond motifs is 1. The van der Waals surface area contributed by atoms with Gasteiger partial charge in [-0.3, -0.25) is 9.59 Å². The van der Waals surface area contributed by atoms with E-state index in [2.05, 4.69) is 30.3 Å². The molecule has 1 N–H and O–H groups in total. The molecular formula is C18H21NO3. The molecule has 4 heteroatoms. The Morgan fingerprint density at radius 3 is 2.50 bits per heavy atom. The molecule has 0 bridgehead atoms. The molecule has 0 fully saturated rings. The highest BCUT2D eigenvalue weighted by molar-refractivity contribution is 5.83. The van der Waals surface area contributed by atoms with E-state index in [4.69, 9.17) is 5.11 Å². The molecule has 0 aromatic heterocycles. The summed E-state index contributed by atoms with van der Waals surface area (Å²) in [7, 11) is 1.65. The van der Waals surface area contributed by atoms with Gasteiger partial charge in [0.1, 0.15) is 0 Å². The summed E-state index contributed by atoms with van der Waals surface area (Å²) in [4.78, 5) is 23.9. The molecule has 1 amide bonds. The van der Waals surface area contributed by atoms with Gasteiger partial charge in [0.05, 0.1) is 6.42 Å². The molecule has 0 aliphatic carbocycles. The average molecular weight is 299 g/mol. The van der Waals surface area contributed by atoms with Gasteiger partial charge in [0.25, 0.3) is 0 Å². The van der Waals surface area contributed by atoms with Crippen molar-refractivity contribution in [3.8, 4) is 0 Å². The van der Waals surface area contributed by atoms with Crippen LogP contribution < -0.4 is 0 Å². The number of nitrogens with zero attached hydrogens (tertiary/aromatic N) is 1. The van der Waals surface area contributed by atoms with E-state index in [1.807, 2.05) is 12.1 Å². The summed E-state index contributed by atoms with van der Waals surface area (Å²) in [6, 6.07) is 14.6. The summed E-state index contributed by atoms with van der Waals surface area (Å²) in [6.45, 7) is 0.268. The molecular weight excluding hydrogens is 278 g/mol. The van der Waals surface area contributed by atoms with Crippen LogP contribution in [0.4, 0.5) is 0 Å². The minimum atomic E-state index is -0.879. The van der Waals surface area contributed by atoms with Crippen molar-refractivity contribution < 1.29 is 14.7 Å². The third kappa shape index (κ3) is 4.58. The van der Waals surface area contributed by atoms with Gasteiger partial charge in [0, 0.05) is 20.0 Å². The van der Waals surface area contributed by atoms with E-state index in [-0.39, 0.29) is 18.9 Å². The number of aliphatic carboxylic acids is 1. The van der Waals surface area contributed by atoms with E-state index < -0.39 is 5.97 Å². The Kier molecular flexibility index (Phi) is 5.53. The minimum absolute atomic E-state index is 0.00189. The predicted molar refractivity (Wildman–Crippen MR) is 86.8 cm³/mol. The molecule has 4 nitrogen and oxygen atoms in total. The lowest BCUT2D eigenvalue weighted by atomic mass is 10.0. The normalized spacial score (nSPS) is 10.6. The number of hydrogen-bond donors (Lipinski definition) is 1. The van der Waals surface area contributed by atoms with Crippen molar-refractivity contribution in [1.82, 2.24) is 4.90 Å². The summed E-state index contributed by atoms with van der Waals surface area (Å²) >= 11 is 0. The van der Waals surface area contributed by atoms with E-state index in [9.17, 15) is 9.59 Å². The first kappa shape index (κ1) is 16.0. The van der Waals surface area contributed by atoms with Crippen LogP contribution in [-0.4, -0.2) is 35.5 Å². The van der Waals surface area contributed by atoms with Crippen molar-refractivity contribution in [3.63, 3.8) is 0 Å². The second-order valence-electron chi connectivity index (χ2n) is 5.49. The molecule has 0 radical (unpaired) electrons. The van der Waals surface area contributed by atoms with Gasteiger partial charge in [0.15, 0.2) is 0 Å². The van der Waals surface area contributed by atoms with Crippen LogP contribution in [0.2, 0.25) is 0 Å². The minimum Gasteiger partial charge on any atom is -0.481 e. The number of carbonyl (C=O) groups excluding carboxylic acids is 1. The second-order valence-corrected chi connectivity index (χ2v) is 5.49. The monoisotopic (exact) mass is 299 g/mol. The summed E-state index contributed by atoms with van der Waals surface area (Å²) in [5.74, 6) is -0.877. The SMILES string of the molecule is CN(CCC(=O)O)C(=O)CCCc1ccc2ccccc2c1. The lowest BCUT2D eigenvalue weighted by molar-refractivity contribution is -0.138. The Labute approximate surface area is 130 Å². The van der Waals surface area contributed by atoms with Crippen LogP contribution in [0, 0.1) is 0 Å². The maximum absolute atomic E-state index is 11.9. The molecule has 0 heterocycles. The van der Waals surface area contributed by atoms with Crippen LogP contribution in [0.25, 0.3) is 10.8 Å². The van der Waals surface area contributed by atoms with E-state index in [1.165, 1.54) is 21.2 Å². The number of carboxylic acid groups (broad SMARTS) is 1. The quantitative estimate of drug-likeness (QED) is 0.854. The topological polar surface area (TPSA) is 57.6 Å². The Bertz CT molecular complexity index is 666. The predicted octanol–water partition coefficient (Wildman–Crippen LogP) is 3.10. The number of carbonyl (C=O) groups is 2. The van der Waals surface area contributed by atoms with E-state index in [1.54, 1.807) is 7.05 Å². The highest BCUT2D eigenvalue weighted by atomic mass is 16.4. The van der Waals surface area contributed by atoms with Crippen molar-refractivity contribution in [2.45, 2.75) is 25.7 Å². The molecule has 0 aliphatic rings. The Morgan fingerprint density at radius 2 is 1.77 bits per heavy atom. The third-order valence-corrected chi connectivity index (χ3v) is 3.76. The highest BCUT2D eigenvalue weighted by Gasteiger charge is 2.10. The lowest BCUT2D eigenvalue weighted by Crippen LogP contribution is -2.28. The number of amides is 1. The van der Waals surface area contributed by atoms with Gasteiger partial charge in [-0.2, -0.15) is 0 Å². The highest BCUT2D eigenvalue weighted by Crippen LogP contribution is 2.17. The van der Waals surface area contributed by atoms with Crippen molar-refractivity contribution in [3.05, 3.63) is 48.0 Å². The average Bonchev–Trinajstić information content (AvgIpc) is 2.52. The number of rotatable bonds is 7. The maximum atomic E-state index is 11.9. The fraction of sp³-hybridized carbons (Fsp3) is 0.333. The standard InChI is InChI=1S/C18H21NO3/c1-19(12-11-18(21)22)17(20)8-4-5-14-9-10-15-6-2-3-7-16(15)13-14/h2-3,6-7,9-10,13H,4-5,8,11-12H2,1H3,(H,21,22). The second kappa shape index (κ2) is 7.59. The Balaban J connectivity index is 1.81. The van der Waals surface area contributed by atoms with Crippen LogP contribution in [0.5, 0.6) is 0 Å². The molecule has 0 atom stereocenters. The Hall–Kier alpha value is -2.36. The smallest absolute Gasteiger partial charge is 0.305 e. The zero-order valence-corrected chi connectivity index (χ0v) is 12.8. The van der Waals surface area contributed by atoms with E-state index in [0.29, 0.717) is 6.42 Å². The summed E-state index contributed by atoms with van der Waals surface area (Å²) < 4.78 is 0. The summed E-state index contributed by atoms with van der Waals surface area (Å²) in [6.07, 6.45) is 2.06. The number of carboxylic acids is 1. The molecule has 2 aromatic rings. The van der Waals surface area contributed by atoms with Crippen LogP contribution in [0.3, 0.4) is 0 Å². The molecule has 0 saturated carbocycles.